The predicted molar refractivity (Wildman–Crippen MR) is 97.8 cm³/mol. The Labute approximate surface area is 151 Å². The normalized spacial score (nSPS) is 15.1. The number of pyridine rings is 1. The Morgan fingerprint density at radius 3 is 2.60 bits per heavy atom. The Bertz CT molecular complexity index is 775. The van der Waals surface area contributed by atoms with Crippen LogP contribution < -0.4 is 16.0 Å². The molecule has 1 aromatic heterocycles. The van der Waals surface area contributed by atoms with E-state index < -0.39 is 0 Å². The van der Waals surface area contributed by atoms with E-state index in [9.17, 15) is 9.59 Å². The maximum Gasteiger partial charge on any atom is 0.258 e. The molecule has 1 saturated heterocycles. The highest BCUT2D eigenvalue weighted by atomic mass is 35.5. The first kappa shape index (κ1) is 17.4. The lowest BCUT2D eigenvalue weighted by molar-refractivity contribution is -0.121. The van der Waals surface area contributed by atoms with Gasteiger partial charge in [-0.2, -0.15) is 0 Å². The van der Waals surface area contributed by atoms with Crippen molar-refractivity contribution in [3.05, 3.63) is 53.2 Å². The van der Waals surface area contributed by atoms with Crippen LogP contribution in [0.25, 0.3) is 0 Å². The Kier molecular flexibility index (Phi) is 5.31. The van der Waals surface area contributed by atoms with Gasteiger partial charge >= 0.3 is 0 Å². The van der Waals surface area contributed by atoms with Gasteiger partial charge in [-0.1, -0.05) is 30.7 Å². The van der Waals surface area contributed by atoms with Gasteiger partial charge in [-0.25, -0.2) is 4.98 Å². The van der Waals surface area contributed by atoms with Crippen molar-refractivity contribution in [2.75, 3.05) is 23.7 Å². The quantitative estimate of drug-likeness (QED) is 0.767. The SMILES string of the molecule is CC(C(=O)Nc1ccccc1C(=O)Nc1ccc(Cl)cn1)C1CNC1. The number of carbonyl (C=O) groups excluding carboxylic acids is 2. The fourth-order valence-corrected chi connectivity index (χ4v) is 2.66. The highest BCUT2D eigenvalue weighted by molar-refractivity contribution is 6.30. The van der Waals surface area contributed by atoms with Crippen LogP contribution in [0.1, 0.15) is 17.3 Å². The third-order valence-electron chi connectivity index (χ3n) is 4.33. The molecule has 6 nitrogen and oxygen atoms in total. The van der Waals surface area contributed by atoms with E-state index in [1.54, 1.807) is 36.4 Å². The van der Waals surface area contributed by atoms with Crippen LogP contribution in [0.4, 0.5) is 11.5 Å². The summed E-state index contributed by atoms with van der Waals surface area (Å²) in [4.78, 5) is 29.0. The molecule has 25 heavy (non-hydrogen) atoms. The molecule has 3 N–H and O–H groups in total. The summed E-state index contributed by atoms with van der Waals surface area (Å²) in [6.07, 6.45) is 1.46. The van der Waals surface area contributed by atoms with E-state index in [2.05, 4.69) is 20.9 Å². The van der Waals surface area contributed by atoms with Crippen molar-refractivity contribution in [1.82, 2.24) is 10.3 Å². The van der Waals surface area contributed by atoms with Crippen molar-refractivity contribution in [2.24, 2.45) is 11.8 Å². The summed E-state index contributed by atoms with van der Waals surface area (Å²) in [5.74, 6) is 0.180. The molecular weight excluding hydrogens is 340 g/mol. The summed E-state index contributed by atoms with van der Waals surface area (Å²) < 4.78 is 0. The molecule has 3 rings (SSSR count). The number of nitrogens with one attached hydrogen (secondary N) is 3. The van der Waals surface area contributed by atoms with Gasteiger partial charge in [0, 0.05) is 12.1 Å². The van der Waals surface area contributed by atoms with Crippen molar-refractivity contribution < 1.29 is 9.59 Å². The largest absolute Gasteiger partial charge is 0.325 e. The zero-order valence-electron chi connectivity index (χ0n) is 13.8. The van der Waals surface area contributed by atoms with E-state index in [0.717, 1.165) is 13.1 Å². The maximum atomic E-state index is 12.5. The summed E-state index contributed by atoms with van der Waals surface area (Å²) >= 11 is 5.79. The van der Waals surface area contributed by atoms with Crippen molar-refractivity contribution in [3.8, 4) is 0 Å². The maximum absolute atomic E-state index is 12.5. The van der Waals surface area contributed by atoms with Crippen molar-refractivity contribution in [2.45, 2.75) is 6.92 Å². The Morgan fingerprint density at radius 1 is 1.20 bits per heavy atom. The minimum Gasteiger partial charge on any atom is -0.325 e. The van der Waals surface area contributed by atoms with E-state index >= 15 is 0 Å². The summed E-state index contributed by atoms with van der Waals surface area (Å²) in [6.45, 7) is 3.60. The molecule has 1 aliphatic rings. The van der Waals surface area contributed by atoms with Crippen molar-refractivity contribution in [3.63, 3.8) is 0 Å². The van der Waals surface area contributed by atoms with Gasteiger partial charge in [0.15, 0.2) is 0 Å². The van der Waals surface area contributed by atoms with E-state index in [4.69, 9.17) is 11.6 Å². The molecule has 130 valence electrons. The van der Waals surface area contributed by atoms with Crippen LogP contribution in [0.5, 0.6) is 0 Å². The fourth-order valence-electron chi connectivity index (χ4n) is 2.55. The van der Waals surface area contributed by atoms with Gasteiger partial charge in [0.25, 0.3) is 5.91 Å². The second-order valence-electron chi connectivity index (χ2n) is 6.06. The molecule has 2 aromatic rings. The number of hydrogen-bond acceptors (Lipinski definition) is 4. The molecule has 0 saturated carbocycles. The van der Waals surface area contributed by atoms with Gasteiger partial charge in [-0.05, 0) is 43.3 Å². The van der Waals surface area contributed by atoms with Gasteiger partial charge in [0.05, 0.1) is 16.3 Å². The molecule has 1 unspecified atom stereocenters. The zero-order valence-corrected chi connectivity index (χ0v) is 14.5. The third-order valence-corrected chi connectivity index (χ3v) is 4.56. The van der Waals surface area contributed by atoms with Crippen LogP contribution in [-0.4, -0.2) is 29.9 Å². The van der Waals surface area contributed by atoms with E-state index in [1.807, 2.05) is 6.92 Å². The Morgan fingerprint density at radius 2 is 1.96 bits per heavy atom. The van der Waals surface area contributed by atoms with Crippen LogP contribution in [0.2, 0.25) is 5.02 Å². The van der Waals surface area contributed by atoms with Gasteiger partial charge in [0.1, 0.15) is 5.82 Å². The van der Waals surface area contributed by atoms with Gasteiger partial charge in [-0.3, -0.25) is 9.59 Å². The number of benzene rings is 1. The van der Waals surface area contributed by atoms with Gasteiger partial charge < -0.3 is 16.0 Å². The lowest BCUT2D eigenvalue weighted by Crippen LogP contribution is -2.48. The number of rotatable bonds is 5. The monoisotopic (exact) mass is 358 g/mol. The summed E-state index contributed by atoms with van der Waals surface area (Å²) in [7, 11) is 0. The number of anilines is 2. The molecule has 1 fully saturated rings. The average Bonchev–Trinajstić information content (AvgIpc) is 2.55. The van der Waals surface area contributed by atoms with E-state index in [-0.39, 0.29) is 17.7 Å². The predicted octanol–water partition coefficient (Wildman–Crippen LogP) is 2.78. The number of nitrogens with zero attached hydrogens (tertiary/aromatic N) is 1. The molecule has 0 bridgehead atoms. The summed E-state index contributed by atoms with van der Waals surface area (Å²) in [5, 5.41) is 9.22. The summed E-state index contributed by atoms with van der Waals surface area (Å²) in [6, 6.07) is 10.2. The van der Waals surface area contributed by atoms with E-state index in [1.165, 1.54) is 6.20 Å². The number of hydrogen-bond donors (Lipinski definition) is 3. The van der Waals surface area contributed by atoms with Crippen LogP contribution >= 0.6 is 11.6 Å². The van der Waals surface area contributed by atoms with E-state index in [0.29, 0.717) is 28.0 Å². The smallest absolute Gasteiger partial charge is 0.258 e. The molecule has 2 heterocycles. The Balaban J connectivity index is 1.72. The molecule has 0 spiro atoms. The third kappa shape index (κ3) is 4.15. The van der Waals surface area contributed by atoms with Crippen LogP contribution in [-0.2, 0) is 4.79 Å². The minimum atomic E-state index is -0.344. The standard InChI is InChI=1S/C18H19ClN4O2/c1-11(12-8-20-9-12)17(24)22-15-5-3-2-4-14(15)18(25)23-16-7-6-13(19)10-21-16/h2-7,10-12,20H,8-9H2,1H3,(H,22,24)(H,21,23,25). The number of amides is 2. The minimum absolute atomic E-state index is 0.0867. The number of para-hydroxylation sites is 1. The molecule has 7 heteroatoms. The first-order valence-electron chi connectivity index (χ1n) is 8.08. The number of carbonyl (C=O) groups is 2. The lowest BCUT2D eigenvalue weighted by Gasteiger charge is -2.31. The second-order valence-corrected chi connectivity index (χ2v) is 6.49. The molecule has 0 aliphatic carbocycles. The van der Waals surface area contributed by atoms with Crippen molar-refractivity contribution >= 4 is 34.9 Å². The van der Waals surface area contributed by atoms with Crippen LogP contribution in [0, 0.1) is 11.8 Å². The van der Waals surface area contributed by atoms with Crippen LogP contribution in [0.15, 0.2) is 42.6 Å². The summed E-state index contributed by atoms with van der Waals surface area (Å²) in [5.41, 5.74) is 0.865. The molecule has 1 aromatic carbocycles. The van der Waals surface area contributed by atoms with Crippen LogP contribution in [0.3, 0.4) is 0 Å². The average molecular weight is 359 g/mol. The fraction of sp³-hybridized carbons (Fsp3) is 0.278. The zero-order chi connectivity index (χ0) is 17.8. The first-order valence-corrected chi connectivity index (χ1v) is 8.46. The highest BCUT2D eigenvalue weighted by Gasteiger charge is 2.29. The highest BCUT2D eigenvalue weighted by Crippen LogP contribution is 2.21. The van der Waals surface area contributed by atoms with Gasteiger partial charge in [-0.15, -0.1) is 0 Å². The number of aromatic nitrogens is 1. The topological polar surface area (TPSA) is 83.1 Å². The molecular formula is C18H19ClN4O2. The lowest BCUT2D eigenvalue weighted by atomic mass is 9.88. The Hall–Kier alpha value is -2.44. The molecule has 1 aliphatic heterocycles. The van der Waals surface area contributed by atoms with Crippen molar-refractivity contribution in [1.29, 1.82) is 0 Å². The molecule has 1 atom stereocenters. The molecule has 0 radical (unpaired) electrons. The number of halogens is 1. The molecule has 2 amide bonds. The van der Waals surface area contributed by atoms with Gasteiger partial charge in [0.2, 0.25) is 5.91 Å². The first-order chi connectivity index (χ1) is 12.0. The second kappa shape index (κ2) is 7.63.